The smallest absolute Gasteiger partial charge is 0.271 e. The maximum Gasteiger partial charge on any atom is 0.271 e. The lowest BCUT2D eigenvalue weighted by molar-refractivity contribution is 0.0955. The molecule has 25 heavy (non-hydrogen) atoms. The highest BCUT2D eigenvalue weighted by molar-refractivity contribution is 6.00. The van der Waals surface area contributed by atoms with Crippen molar-refractivity contribution in [3.8, 4) is 11.5 Å². The van der Waals surface area contributed by atoms with Crippen molar-refractivity contribution < 1.29 is 14.3 Å². The number of benzene rings is 2. The Morgan fingerprint density at radius 3 is 2.12 bits per heavy atom. The second kappa shape index (κ2) is 8.87. The van der Waals surface area contributed by atoms with Crippen LogP contribution in [0.25, 0.3) is 0 Å². The van der Waals surface area contributed by atoms with Gasteiger partial charge in [0.2, 0.25) is 0 Å². The fourth-order valence-electron chi connectivity index (χ4n) is 2.18. The fourth-order valence-corrected chi connectivity index (χ4v) is 2.18. The molecule has 0 spiro atoms. The molecule has 1 amide bonds. The number of rotatable bonds is 7. The summed E-state index contributed by atoms with van der Waals surface area (Å²) in [6.45, 7) is 8.33. The molecule has 5 heteroatoms. The van der Waals surface area contributed by atoms with E-state index < -0.39 is 0 Å². The Balaban J connectivity index is 1.98. The highest BCUT2D eigenvalue weighted by Crippen LogP contribution is 2.14. The van der Waals surface area contributed by atoms with Gasteiger partial charge >= 0.3 is 0 Å². The largest absolute Gasteiger partial charge is 0.494 e. The molecule has 5 nitrogen and oxygen atoms in total. The molecule has 2 rings (SSSR count). The summed E-state index contributed by atoms with van der Waals surface area (Å²) in [4.78, 5) is 12.2. The van der Waals surface area contributed by atoms with E-state index in [-0.39, 0.29) is 12.0 Å². The monoisotopic (exact) mass is 340 g/mol. The minimum atomic E-state index is -0.263. The van der Waals surface area contributed by atoms with Gasteiger partial charge in [0.15, 0.2) is 0 Å². The summed E-state index contributed by atoms with van der Waals surface area (Å²) < 4.78 is 11.0. The summed E-state index contributed by atoms with van der Waals surface area (Å²) in [6.07, 6.45) is 0.0982. The molecular formula is C20H24N2O3. The van der Waals surface area contributed by atoms with Gasteiger partial charge in [0.1, 0.15) is 11.5 Å². The number of carbonyl (C=O) groups is 1. The summed E-state index contributed by atoms with van der Waals surface area (Å²) in [5.74, 6) is 1.29. The maximum atomic E-state index is 12.2. The van der Waals surface area contributed by atoms with E-state index >= 15 is 0 Å². The van der Waals surface area contributed by atoms with Gasteiger partial charge in [-0.15, -0.1) is 0 Å². The number of nitrogens with one attached hydrogen (secondary N) is 1. The Hall–Kier alpha value is -2.82. The van der Waals surface area contributed by atoms with Gasteiger partial charge in [0.25, 0.3) is 5.91 Å². The van der Waals surface area contributed by atoms with Crippen molar-refractivity contribution in [2.45, 2.75) is 33.8 Å². The topological polar surface area (TPSA) is 59.9 Å². The van der Waals surface area contributed by atoms with Crippen LogP contribution in [0.4, 0.5) is 0 Å². The van der Waals surface area contributed by atoms with Crippen LogP contribution >= 0.6 is 0 Å². The Labute approximate surface area is 148 Å². The van der Waals surface area contributed by atoms with Crippen LogP contribution in [0.2, 0.25) is 0 Å². The number of hydrogen-bond acceptors (Lipinski definition) is 4. The lowest BCUT2D eigenvalue weighted by Gasteiger charge is -2.09. The molecule has 0 aliphatic rings. The third kappa shape index (κ3) is 5.64. The van der Waals surface area contributed by atoms with Crippen LogP contribution in [0.5, 0.6) is 11.5 Å². The SMILES string of the molecule is CCOc1ccc(/C(C)=N\NC(=O)c2ccc(OC(C)C)cc2)cc1. The third-order valence-electron chi connectivity index (χ3n) is 3.40. The molecule has 0 fully saturated rings. The maximum absolute atomic E-state index is 12.2. The van der Waals surface area contributed by atoms with Crippen molar-refractivity contribution in [2.75, 3.05) is 6.61 Å². The molecule has 0 unspecified atom stereocenters. The fraction of sp³-hybridized carbons (Fsp3) is 0.300. The van der Waals surface area contributed by atoms with Crippen molar-refractivity contribution in [2.24, 2.45) is 5.10 Å². The van der Waals surface area contributed by atoms with Crippen molar-refractivity contribution in [3.05, 3.63) is 59.7 Å². The van der Waals surface area contributed by atoms with E-state index in [0.717, 1.165) is 22.8 Å². The molecular weight excluding hydrogens is 316 g/mol. The molecule has 0 bridgehead atoms. The third-order valence-corrected chi connectivity index (χ3v) is 3.40. The molecule has 2 aromatic rings. The zero-order chi connectivity index (χ0) is 18.2. The van der Waals surface area contributed by atoms with Gasteiger partial charge in [-0.3, -0.25) is 4.79 Å². The molecule has 0 aliphatic heterocycles. The Morgan fingerprint density at radius 2 is 1.56 bits per heavy atom. The van der Waals surface area contributed by atoms with E-state index in [1.54, 1.807) is 24.3 Å². The Bertz CT molecular complexity index is 720. The van der Waals surface area contributed by atoms with Gasteiger partial charge in [-0.05, 0) is 81.8 Å². The summed E-state index contributed by atoms with van der Waals surface area (Å²) in [5, 5.41) is 4.16. The van der Waals surface area contributed by atoms with Crippen molar-refractivity contribution in [3.63, 3.8) is 0 Å². The predicted molar refractivity (Wildman–Crippen MR) is 99.5 cm³/mol. The van der Waals surface area contributed by atoms with E-state index in [0.29, 0.717) is 12.2 Å². The molecule has 0 saturated heterocycles. The Kier molecular flexibility index (Phi) is 6.57. The molecule has 132 valence electrons. The molecule has 0 aromatic heterocycles. The van der Waals surface area contributed by atoms with Crippen LogP contribution in [0.1, 0.15) is 43.6 Å². The minimum absolute atomic E-state index is 0.0982. The quantitative estimate of drug-likeness (QED) is 0.611. The van der Waals surface area contributed by atoms with Crippen molar-refractivity contribution >= 4 is 11.6 Å². The van der Waals surface area contributed by atoms with Gasteiger partial charge in [-0.25, -0.2) is 5.43 Å². The molecule has 0 radical (unpaired) electrons. The van der Waals surface area contributed by atoms with Crippen LogP contribution in [0.15, 0.2) is 53.6 Å². The van der Waals surface area contributed by atoms with Crippen LogP contribution < -0.4 is 14.9 Å². The number of ether oxygens (including phenoxy) is 2. The lowest BCUT2D eigenvalue weighted by atomic mass is 10.1. The van der Waals surface area contributed by atoms with Gasteiger partial charge < -0.3 is 9.47 Å². The number of nitrogens with zero attached hydrogens (tertiary/aromatic N) is 1. The molecule has 0 saturated carbocycles. The second-order valence-electron chi connectivity index (χ2n) is 5.79. The molecule has 2 aromatic carbocycles. The highest BCUT2D eigenvalue weighted by atomic mass is 16.5. The van der Waals surface area contributed by atoms with E-state index in [1.807, 2.05) is 52.0 Å². The van der Waals surface area contributed by atoms with Crippen LogP contribution in [-0.2, 0) is 0 Å². The van der Waals surface area contributed by atoms with Crippen molar-refractivity contribution in [1.29, 1.82) is 0 Å². The highest BCUT2D eigenvalue weighted by Gasteiger charge is 2.06. The Morgan fingerprint density at radius 1 is 1.00 bits per heavy atom. The number of amides is 1. The van der Waals surface area contributed by atoms with Crippen LogP contribution in [0.3, 0.4) is 0 Å². The predicted octanol–water partition coefficient (Wildman–Crippen LogP) is 4.03. The molecule has 0 heterocycles. The minimum Gasteiger partial charge on any atom is -0.494 e. The van der Waals surface area contributed by atoms with Gasteiger partial charge in [-0.1, -0.05) is 0 Å². The summed E-state index contributed by atoms with van der Waals surface area (Å²) in [5.41, 5.74) is 4.74. The van der Waals surface area contributed by atoms with Gasteiger partial charge in [0.05, 0.1) is 18.4 Å². The van der Waals surface area contributed by atoms with Gasteiger partial charge in [0, 0.05) is 5.56 Å². The van der Waals surface area contributed by atoms with Gasteiger partial charge in [-0.2, -0.15) is 5.10 Å². The van der Waals surface area contributed by atoms with Crippen LogP contribution in [-0.4, -0.2) is 24.3 Å². The number of carbonyl (C=O) groups excluding carboxylic acids is 1. The first-order chi connectivity index (χ1) is 12.0. The van der Waals surface area contributed by atoms with E-state index in [2.05, 4.69) is 10.5 Å². The first-order valence-electron chi connectivity index (χ1n) is 8.34. The summed E-state index contributed by atoms with van der Waals surface area (Å²) >= 11 is 0. The standard InChI is InChI=1S/C20H24N2O3/c1-5-24-18-10-6-16(7-11-18)15(4)21-22-20(23)17-8-12-19(13-9-17)25-14(2)3/h6-14H,5H2,1-4H3,(H,22,23)/b21-15-. The molecule has 0 atom stereocenters. The van der Waals surface area contributed by atoms with Crippen LogP contribution in [0, 0.1) is 0 Å². The normalized spacial score (nSPS) is 11.3. The van der Waals surface area contributed by atoms with E-state index in [9.17, 15) is 4.79 Å². The zero-order valence-electron chi connectivity index (χ0n) is 15.1. The zero-order valence-corrected chi connectivity index (χ0v) is 15.1. The number of hydrogen-bond donors (Lipinski definition) is 1. The first kappa shape index (κ1) is 18.5. The average Bonchev–Trinajstić information content (AvgIpc) is 2.60. The summed E-state index contributed by atoms with van der Waals surface area (Å²) in [7, 11) is 0. The first-order valence-corrected chi connectivity index (χ1v) is 8.34. The number of hydrazone groups is 1. The average molecular weight is 340 g/mol. The second-order valence-corrected chi connectivity index (χ2v) is 5.79. The van der Waals surface area contributed by atoms with E-state index in [4.69, 9.17) is 9.47 Å². The van der Waals surface area contributed by atoms with Crippen molar-refractivity contribution in [1.82, 2.24) is 5.43 Å². The summed E-state index contributed by atoms with van der Waals surface area (Å²) in [6, 6.07) is 14.6. The molecule has 1 N–H and O–H groups in total. The lowest BCUT2D eigenvalue weighted by Crippen LogP contribution is -2.19. The molecule has 0 aliphatic carbocycles. The van der Waals surface area contributed by atoms with E-state index in [1.165, 1.54) is 0 Å².